The fourth-order valence-electron chi connectivity index (χ4n) is 2.44. The van der Waals surface area contributed by atoms with E-state index in [1.807, 2.05) is 11.8 Å². The van der Waals surface area contributed by atoms with Gasteiger partial charge in [-0.15, -0.1) is 0 Å². The number of ether oxygens (including phenoxy) is 1. The van der Waals surface area contributed by atoms with Crippen LogP contribution in [0.3, 0.4) is 0 Å². The van der Waals surface area contributed by atoms with Crippen molar-refractivity contribution in [2.75, 3.05) is 19.4 Å². The first-order valence-corrected chi connectivity index (χ1v) is 8.09. The van der Waals surface area contributed by atoms with E-state index in [2.05, 4.69) is 31.2 Å². The summed E-state index contributed by atoms with van der Waals surface area (Å²) in [5, 5.41) is 0.311. The Bertz CT molecular complexity index is 471. The van der Waals surface area contributed by atoms with Gasteiger partial charge in [-0.25, -0.2) is 0 Å². The normalized spacial score (nSPS) is 17.6. The van der Waals surface area contributed by atoms with Crippen molar-refractivity contribution in [3.05, 3.63) is 35.4 Å². The fourth-order valence-corrected chi connectivity index (χ4v) is 3.96. The quantitative estimate of drug-likeness (QED) is 0.785. The van der Waals surface area contributed by atoms with Crippen LogP contribution in [0.15, 0.2) is 24.3 Å². The molecule has 0 spiro atoms. The molecule has 4 heteroatoms. The molecule has 20 heavy (non-hydrogen) atoms. The molecule has 110 valence electrons. The van der Waals surface area contributed by atoms with Gasteiger partial charge in [0.25, 0.3) is 0 Å². The Morgan fingerprint density at radius 2 is 2.15 bits per heavy atom. The van der Waals surface area contributed by atoms with Crippen molar-refractivity contribution in [1.82, 2.24) is 0 Å². The third-order valence-electron chi connectivity index (χ3n) is 4.04. The number of methoxy groups -OCH3 is 1. The molecule has 1 saturated carbocycles. The Kier molecular flexibility index (Phi) is 5.11. The topological polar surface area (TPSA) is 52.3 Å². The number of nitrogens with two attached hydrogens (primary N) is 1. The van der Waals surface area contributed by atoms with Gasteiger partial charge in [0.15, 0.2) is 0 Å². The molecule has 1 atom stereocenters. The second kappa shape index (κ2) is 6.64. The summed E-state index contributed by atoms with van der Waals surface area (Å²) in [6.45, 7) is 2.75. The molecular weight excluding hydrogens is 270 g/mol. The summed E-state index contributed by atoms with van der Waals surface area (Å²) >= 11 is 1.88. The summed E-state index contributed by atoms with van der Waals surface area (Å²) in [7, 11) is 1.46. The fraction of sp³-hybridized carbons (Fsp3) is 0.562. The summed E-state index contributed by atoms with van der Waals surface area (Å²) < 4.78 is 4.79. The van der Waals surface area contributed by atoms with E-state index in [1.54, 1.807) is 0 Å². The van der Waals surface area contributed by atoms with E-state index >= 15 is 0 Å². The molecule has 0 heterocycles. The van der Waals surface area contributed by atoms with Gasteiger partial charge in [0, 0.05) is 17.5 Å². The number of hydrogen-bond acceptors (Lipinski definition) is 4. The molecule has 3 nitrogen and oxygen atoms in total. The van der Waals surface area contributed by atoms with Crippen LogP contribution >= 0.6 is 11.8 Å². The van der Waals surface area contributed by atoms with Crippen LogP contribution in [0, 0.1) is 12.3 Å². The first-order chi connectivity index (χ1) is 9.60. The molecule has 1 aliphatic rings. The monoisotopic (exact) mass is 293 g/mol. The maximum absolute atomic E-state index is 11.4. The highest BCUT2D eigenvalue weighted by atomic mass is 32.2. The second-order valence-corrected chi connectivity index (χ2v) is 6.84. The summed E-state index contributed by atoms with van der Waals surface area (Å²) in [5.74, 6) is 0.890. The molecule has 1 aromatic rings. The third-order valence-corrected chi connectivity index (χ3v) is 5.67. The summed E-state index contributed by atoms with van der Waals surface area (Å²) in [4.78, 5) is 11.4. The Balaban J connectivity index is 1.95. The van der Waals surface area contributed by atoms with Crippen molar-refractivity contribution in [3.63, 3.8) is 0 Å². The molecule has 1 fully saturated rings. The van der Waals surface area contributed by atoms with Crippen LogP contribution in [-0.2, 0) is 9.53 Å². The minimum Gasteiger partial charge on any atom is -0.469 e. The minimum atomic E-state index is -0.0942. The zero-order chi connectivity index (χ0) is 14.6. The SMILES string of the molecule is COC(=O)CC1(CSC(CN)c2ccccc2C)CC1. The van der Waals surface area contributed by atoms with Gasteiger partial charge in [-0.3, -0.25) is 4.79 Å². The molecule has 0 saturated heterocycles. The van der Waals surface area contributed by atoms with Crippen LogP contribution in [0.5, 0.6) is 0 Å². The lowest BCUT2D eigenvalue weighted by Crippen LogP contribution is -2.16. The Morgan fingerprint density at radius 1 is 1.45 bits per heavy atom. The van der Waals surface area contributed by atoms with Gasteiger partial charge in [0.1, 0.15) is 0 Å². The van der Waals surface area contributed by atoms with E-state index in [0.29, 0.717) is 18.2 Å². The molecule has 2 N–H and O–H groups in total. The molecule has 0 bridgehead atoms. The van der Waals surface area contributed by atoms with Crippen molar-refractivity contribution in [2.24, 2.45) is 11.1 Å². The van der Waals surface area contributed by atoms with Gasteiger partial charge in [-0.1, -0.05) is 24.3 Å². The van der Waals surface area contributed by atoms with Crippen molar-refractivity contribution in [3.8, 4) is 0 Å². The average Bonchev–Trinajstić information content (AvgIpc) is 3.21. The van der Waals surface area contributed by atoms with Gasteiger partial charge in [-0.2, -0.15) is 11.8 Å². The van der Waals surface area contributed by atoms with Crippen LogP contribution in [0.1, 0.15) is 35.6 Å². The predicted octanol–water partition coefficient (Wildman–Crippen LogP) is 3.07. The molecule has 1 aromatic carbocycles. The molecule has 0 amide bonds. The minimum absolute atomic E-state index is 0.0942. The first-order valence-electron chi connectivity index (χ1n) is 7.04. The highest BCUT2D eigenvalue weighted by Gasteiger charge is 2.44. The van der Waals surface area contributed by atoms with Crippen molar-refractivity contribution in [2.45, 2.75) is 31.4 Å². The number of aryl methyl sites for hydroxylation is 1. The van der Waals surface area contributed by atoms with Crippen molar-refractivity contribution >= 4 is 17.7 Å². The second-order valence-electron chi connectivity index (χ2n) is 5.64. The molecule has 1 unspecified atom stereocenters. The Morgan fingerprint density at radius 3 is 2.70 bits per heavy atom. The van der Waals surface area contributed by atoms with Crippen LogP contribution in [0.2, 0.25) is 0 Å². The maximum Gasteiger partial charge on any atom is 0.306 e. The predicted molar refractivity (Wildman–Crippen MR) is 83.7 cm³/mol. The largest absolute Gasteiger partial charge is 0.469 e. The molecule has 0 aromatic heterocycles. The lowest BCUT2D eigenvalue weighted by molar-refractivity contribution is -0.141. The zero-order valence-corrected chi connectivity index (χ0v) is 13.0. The number of thioether (sulfide) groups is 1. The molecular formula is C16H23NO2S. The van der Waals surface area contributed by atoms with E-state index in [4.69, 9.17) is 10.5 Å². The van der Waals surface area contributed by atoms with Gasteiger partial charge in [0.05, 0.1) is 13.5 Å². The molecule has 1 aliphatic carbocycles. The van der Waals surface area contributed by atoms with E-state index in [0.717, 1.165) is 18.6 Å². The van der Waals surface area contributed by atoms with Crippen LogP contribution in [0.25, 0.3) is 0 Å². The van der Waals surface area contributed by atoms with Gasteiger partial charge in [-0.05, 0) is 36.3 Å². The zero-order valence-electron chi connectivity index (χ0n) is 12.2. The van der Waals surface area contributed by atoms with E-state index in [-0.39, 0.29) is 11.4 Å². The standard InChI is InChI=1S/C16H23NO2S/c1-12-5-3-4-6-13(12)14(10-17)20-11-16(7-8-16)9-15(18)19-2/h3-6,14H,7-11,17H2,1-2H3. The van der Waals surface area contributed by atoms with E-state index in [9.17, 15) is 4.79 Å². The van der Waals surface area contributed by atoms with Gasteiger partial charge < -0.3 is 10.5 Å². The number of rotatable bonds is 7. The number of esters is 1. The highest BCUT2D eigenvalue weighted by molar-refractivity contribution is 7.99. The van der Waals surface area contributed by atoms with Crippen molar-refractivity contribution < 1.29 is 9.53 Å². The number of carbonyl (C=O) groups is 1. The number of benzene rings is 1. The molecule has 0 aliphatic heterocycles. The van der Waals surface area contributed by atoms with Crippen LogP contribution in [-0.4, -0.2) is 25.4 Å². The summed E-state index contributed by atoms with van der Waals surface area (Å²) in [6, 6.07) is 8.39. The van der Waals surface area contributed by atoms with Gasteiger partial charge >= 0.3 is 5.97 Å². The van der Waals surface area contributed by atoms with Gasteiger partial charge in [0.2, 0.25) is 0 Å². The molecule has 0 radical (unpaired) electrons. The van der Waals surface area contributed by atoms with Crippen molar-refractivity contribution in [1.29, 1.82) is 0 Å². The maximum atomic E-state index is 11.4. The van der Waals surface area contributed by atoms with Crippen LogP contribution in [0.4, 0.5) is 0 Å². The smallest absolute Gasteiger partial charge is 0.306 e. The Hall–Kier alpha value is -1.00. The summed E-state index contributed by atoms with van der Waals surface area (Å²) in [6.07, 6.45) is 2.79. The Labute approximate surface area is 125 Å². The highest BCUT2D eigenvalue weighted by Crippen LogP contribution is 2.53. The third kappa shape index (κ3) is 3.76. The summed E-state index contributed by atoms with van der Waals surface area (Å²) in [5.41, 5.74) is 8.70. The number of hydrogen-bond donors (Lipinski definition) is 1. The lowest BCUT2D eigenvalue weighted by Gasteiger charge is -2.20. The lowest BCUT2D eigenvalue weighted by atomic mass is 10.1. The first kappa shape index (κ1) is 15.4. The van der Waals surface area contributed by atoms with Crippen LogP contribution < -0.4 is 5.73 Å². The van der Waals surface area contributed by atoms with E-state index < -0.39 is 0 Å². The molecule has 2 rings (SSSR count). The number of carbonyl (C=O) groups excluding carboxylic acids is 1. The van der Waals surface area contributed by atoms with E-state index in [1.165, 1.54) is 18.2 Å². The average molecular weight is 293 g/mol.